The Bertz CT molecular complexity index is 868. The molecule has 0 aliphatic rings. The first-order chi connectivity index (χ1) is 12.0. The summed E-state index contributed by atoms with van der Waals surface area (Å²) in [5.74, 6) is 0.898. The number of hydrogen-bond acceptors (Lipinski definition) is 5. The second-order valence-electron chi connectivity index (χ2n) is 5.78. The van der Waals surface area contributed by atoms with E-state index in [1.165, 1.54) is 17.3 Å². The number of aromatic nitrogens is 4. The van der Waals surface area contributed by atoms with Crippen molar-refractivity contribution in [2.24, 2.45) is 0 Å². The van der Waals surface area contributed by atoms with E-state index in [4.69, 9.17) is 0 Å². The zero-order chi connectivity index (χ0) is 17.8. The number of nitrogens with zero attached hydrogens (tertiary/aromatic N) is 4. The molecule has 1 amide bonds. The van der Waals surface area contributed by atoms with Crippen LogP contribution in [0.2, 0.25) is 0 Å². The van der Waals surface area contributed by atoms with Gasteiger partial charge in [0.05, 0.1) is 5.75 Å². The number of aryl methyl sites for hydroxylation is 3. The van der Waals surface area contributed by atoms with Crippen LogP contribution in [0.3, 0.4) is 0 Å². The fraction of sp³-hybridized carbons (Fsp3) is 0.222. The monoisotopic (exact) mass is 353 g/mol. The van der Waals surface area contributed by atoms with Crippen molar-refractivity contribution < 1.29 is 4.79 Å². The normalized spacial score (nSPS) is 10.7. The van der Waals surface area contributed by atoms with Crippen LogP contribution < -0.4 is 5.32 Å². The molecular formula is C18H19N5OS. The van der Waals surface area contributed by atoms with E-state index in [-0.39, 0.29) is 11.7 Å². The Balaban J connectivity index is 1.67. The second-order valence-corrected chi connectivity index (χ2v) is 6.72. The third-order valence-corrected chi connectivity index (χ3v) is 4.63. The van der Waals surface area contributed by atoms with Gasteiger partial charge in [0.2, 0.25) is 5.91 Å². The molecule has 0 fully saturated rings. The maximum atomic E-state index is 12.3. The highest BCUT2D eigenvalue weighted by Crippen LogP contribution is 2.23. The number of carbonyl (C=O) groups is 1. The number of hydrogen-bond donors (Lipinski definition) is 1. The molecule has 2 aromatic heterocycles. The lowest BCUT2D eigenvalue weighted by Gasteiger charge is -2.12. The molecule has 1 N–H and O–H groups in total. The number of amides is 1. The molecule has 0 spiro atoms. The van der Waals surface area contributed by atoms with E-state index in [9.17, 15) is 4.79 Å². The molecule has 3 rings (SSSR count). The smallest absolute Gasteiger partial charge is 0.234 e. The van der Waals surface area contributed by atoms with Crippen molar-refractivity contribution in [3.05, 3.63) is 59.5 Å². The van der Waals surface area contributed by atoms with Crippen molar-refractivity contribution in [1.82, 2.24) is 19.7 Å². The Morgan fingerprint density at radius 1 is 1.20 bits per heavy atom. The van der Waals surface area contributed by atoms with Crippen molar-refractivity contribution in [3.8, 4) is 5.82 Å². The van der Waals surface area contributed by atoms with Crippen molar-refractivity contribution in [1.29, 1.82) is 0 Å². The third kappa shape index (κ3) is 4.06. The summed E-state index contributed by atoms with van der Waals surface area (Å²) in [4.78, 5) is 16.6. The van der Waals surface area contributed by atoms with Gasteiger partial charge >= 0.3 is 0 Å². The highest BCUT2D eigenvalue weighted by molar-refractivity contribution is 7.99. The van der Waals surface area contributed by atoms with Crippen LogP contribution >= 0.6 is 11.8 Å². The molecule has 128 valence electrons. The van der Waals surface area contributed by atoms with Gasteiger partial charge in [0.25, 0.3) is 0 Å². The zero-order valence-electron chi connectivity index (χ0n) is 14.4. The van der Waals surface area contributed by atoms with Gasteiger partial charge in [-0.2, -0.15) is 0 Å². The van der Waals surface area contributed by atoms with E-state index >= 15 is 0 Å². The van der Waals surface area contributed by atoms with E-state index in [2.05, 4.69) is 32.6 Å². The van der Waals surface area contributed by atoms with Gasteiger partial charge in [0.1, 0.15) is 12.1 Å². The number of carbonyl (C=O) groups excluding carboxylic acids is 1. The maximum absolute atomic E-state index is 12.3. The predicted molar refractivity (Wildman–Crippen MR) is 99.2 cm³/mol. The van der Waals surface area contributed by atoms with Crippen molar-refractivity contribution in [2.75, 3.05) is 11.1 Å². The summed E-state index contributed by atoms with van der Waals surface area (Å²) in [6, 6.07) is 9.74. The minimum absolute atomic E-state index is 0.0735. The minimum atomic E-state index is -0.0735. The van der Waals surface area contributed by atoms with Crippen LogP contribution in [0.25, 0.3) is 5.82 Å². The number of benzene rings is 1. The van der Waals surface area contributed by atoms with Gasteiger partial charge in [-0.15, -0.1) is 10.2 Å². The highest BCUT2D eigenvalue weighted by Gasteiger charge is 2.12. The Kier molecular flexibility index (Phi) is 5.14. The number of anilines is 1. The van der Waals surface area contributed by atoms with Gasteiger partial charge in [-0.25, -0.2) is 4.98 Å². The van der Waals surface area contributed by atoms with Crippen molar-refractivity contribution in [2.45, 2.75) is 25.9 Å². The van der Waals surface area contributed by atoms with Crippen LogP contribution in [-0.4, -0.2) is 31.4 Å². The van der Waals surface area contributed by atoms with Gasteiger partial charge in [0, 0.05) is 11.9 Å². The minimum Gasteiger partial charge on any atom is -0.325 e. The fourth-order valence-electron chi connectivity index (χ4n) is 2.66. The maximum Gasteiger partial charge on any atom is 0.234 e. The van der Waals surface area contributed by atoms with Gasteiger partial charge in [-0.1, -0.05) is 35.5 Å². The van der Waals surface area contributed by atoms with Crippen LogP contribution in [0.4, 0.5) is 5.69 Å². The van der Waals surface area contributed by atoms with E-state index in [0.717, 1.165) is 22.6 Å². The predicted octanol–water partition coefficient (Wildman–Crippen LogP) is 3.32. The summed E-state index contributed by atoms with van der Waals surface area (Å²) < 4.78 is 1.76. The summed E-state index contributed by atoms with van der Waals surface area (Å²) in [6.45, 7) is 6.05. The molecule has 0 unspecified atom stereocenters. The topological polar surface area (TPSA) is 72.7 Å². The van der Waals surface area contributed by atoms with E-state index < -0.39 is 0 Å². The molecule has 0 radical (unpaired) electrons. The Morgan fingerprint density at radius 3 is 2.64 bits per heavy atom. The molecule has 0 bridgehead atoms. The second kappa shape index (κ2) is 7.48. The lowest BCUT2D eigenvalue weighted by Crippen LogP contribution is -2.16. The standard InChI is InChI=1S/C18H19N5OS/c1-12-8-13(2)17(14(3)9-12)21-16(24)10-25-18-22-20-11-23(18)15-6-4-5-7-19-15/h4-9,11H,10H2,1-3H3,(H,21,24). The average molecular weight is 353 g/mol. The van der Waals surface area contributed by atoms with Gasteiger partial charge in [0.15, 0.2) is 5.16 Å². The molecule has 25 heavy (non-hydrogen) atoms. The number of pyridine rings is 1. The molecule has 6 nitrogen and oxygen atoms in total. The molecule has 0 atom stereocenters. The molecule has 0 aliphatic heterocycles. The first-order valence-electron chi connectivity index (χ1n) is 7.86. The van der Waals surface area contributed by atoms with Crippen LogP contribution in [0.1, 0.15) is 16.7 Å². The van der Waals surface area contributed by atoms with Crippen LogP contribution in [0.5, 0.6) is 0 Å². The zero-order valence-corrected chi connectivity index (χ0v) is 15.2. The SMILES string of the molecule is Cc1cc(C)c(NC(=O)CSc2nncn2-c2ccccn2)c(C)c1. The molecule has 0 saturated carbocycles. The first-order valence-corrected chi connectivity index (χ1v) is 8.85. The average Bonchev–Trinajstić information content (AvgIpc) is 3.05. The summed E-state index contributed by atoms with van der Waals surface area (Å²) in [7, 11) is 0. The summed E-state index contributed by atoms with van der Waals surface area (Å²) >= 11 is 1.33. The Morgan fingerprint density at radius 2 is 1.96 bits per heavy atom. The molecule has 7 heteroatoms. The van der Waals surface area contributed by atoms with E-state index in [1.54, 1.807) is 17.1 Å². The summed E-state index contributed by atoms with van der Waals surface area (Å²) in [6.07, 6.45) is 3.30. The summed E-state index contributed by atoms with van der Waals surface area (Å²) in [5, 5.41) is 11.6. The number of nitrogens with one attached hydrogen (secondary N) is 1. The van der Waals surface area contributed by atoms with Gasteiger partial charge in [-0.05, 0) is 44.0 Å². The quantitative estimate of drug-likeness (QED) is 0.713. The number of thioether (sulfide) groups is 1. The molecule has 0 aliphatic carbocycles. The fourth-order valence-corrected chi connectivity index (χ4v) is 3.38. The molecular weight excluding hydrogens is 334 g/mol. The summed E-state index contributed by atoms with van der Waals surface area (Å²) in [5.41, 5.74) is 4.19. The lowest BCUT2D eigenvalue weighted by molar-refractivity contribution is -0.113. The van der Waals surface area contributed by atoms with Gasteiger partial charge < -0.3 is 5.32 Å². The van der Waals surface area contributed by atoms with Crippen LogP contribution in [0, 0.1) is 20.8 Å². The van der Waals surface area contributed by atoms with Crippen LogP contribution in [-0.2, 0) is 4.79 Å². The van der Waals surface area contributed by atoms with Crippen molar-refractivity contribution >= 4 is 23.4 Å². The molecule has 2 heterocycles. The molecule has 0 saturated heterocycles. The van der Waals surface area contributed by atoms with Crippen LogP contribution in [0.15, 0.2) is 48.0 Å². The highest BCUT2D eigenvalue weighted by atomic mass is 32.2. The molecule has 1 aromatic carbocycles. The van der Waals surface area contributed by atoms with E-state index in [0.29, 0.717) is 5.16 Å². The van der Waals surface area contributed by atoms with Gasteiger partial charge in [-0.3, -0.25) is 9.36 Å². The Hall–Kier alpha value is -2.67. The number of rotatable bonds is 5. The van der Waals surface area contributed by atoms with E-state index in [1.807, 2.05) is 39.0 Å². The lowest BCUT2D eigenvalue weighted by atomic mass is 10.1. The third-order valence-electron chi connectivity index (χ3n) is 3.69. The van der Waals surface area contributed by atoms with Crippen molar-refractivity contribution in [3.63, 3.8) is 0 Å². The molecule has 3 aromatic rings. The largest absolute Gasteiger partial charge is 0.325 e. The first kappa shape index (κ1) is 17.2. The Labute approximate surface area is 150 Å².